The lowest BCUT2D eigenvalue weighted by atomic mass is 10.1. The van der Waals surface area contributed by atoms with Gasteiger partial charge in [-0.3, -0.25) is 0 Å². The first-order valence-electron chi connectivity index (χ1n) is 6.55. The first-order chi connectivity index (χ1) is 9.19. The second-order valence-electron chi connectivity index (χ2n) is 5.21. The molecule has 0 N–H and O–H groups in total. The molecular weight excluding hydrogens is 279 g/mol. The Balaban J connectivity index is 1.92. The number of rotatable bonds is 4. The van der Waals surface area contributed by atoms with Crippen LogP contribution in [0.15, 0.2) is 24.3 Å². The lowest BCUT2D eigenvalue weighted by Crippen LogP contribution is -2.02. The van der Waals surface area contributed by atoms with Gasteiger partial charge in [-0.1, -0.05) is 41.4 Å². The molecule has 4 heteroatoms. The molecule has 100 valence electrons. The largest absolute Gasteiger partial charge is 0.249 e. The maximum Gasteiger partial charge on any atom is 0.132 e. The molecule has 1 aromatic carbocycles. The van der Waals surface area contributed by atoms with Gasteiger partial charge in [0.1, 0.15) is 5.15 Å². The predicted octanol–water partition coefficient (Wildman–Crippen LogP) is 4.51. The maximum absolute atomic E-state index is 6.41. The third kappa shape index (κ3) is 2.65. The van der Waals surface area contributed by atoms with E-state index in [2.05, 4.69) is 36.3 Å². The molecule has 1 aromatic heterocycles. The summed E-state index contributed by atoms with van der Waals surface area (Å²) >= 11 is 12.4. The number of halogens is 2. The smallest absolute Gasteiger partial charge is 0.132 e. The topological polar surface area (TPSA) is 17.8 Å². The number of aryl methyl sites for hydroxylation is 1. The molecule has 1 aliphatic rings. The third-order valence-electron chi connectivity index (χ3n) is 3.53. The third-order valence-corrected chi connectivity index (χ3v) is 4.22. The van der Waals surface area contributed by atoms with Crippen LogP contribution in [0.5, 0.6) is 0 Å². The fraction of sp³-hybridized carbons (Fsp3) is 0.400. The second-order valence-corrected chi connectivity index (χ2v) is 5.83. The van der Waals surface area contributed by atoms with E-state index in [-0.39, 0.29) is 0 Å². The van der Waals surface area contributed by atoms with Crippen molar-refractivity contribution in [2.24, 2.45) is 0 Å². The first-order valence-corrected chi connectivity index (χ1v) is 7.47. The fourth-order valence-electron chi connectivity index (χ4n) is 2.39. The van der Waals surface area contributed by atoms with Gasteiger partial charge in [0.25, 0.3) is 0 Å². The molecule has 1 heterocycles. The molecule has 1 aliphatic carbocycles. The molecule has 0 spiro atoms. The van der Waals surface area contributed by atoms with E-state index < -0.39 is 0 Å². The summed E-state index contributed by atoms with van der Waals surface area (Å²) in [6, 6.07) is 8.41. The van der Waals surface area contributed by atoms with Crippen molar-refractivity contribution in [3.8, 4) is 0 Å². The van der Waals surface area contributed by atoms with Crippen molar-refractivity contribution >= 4 is 23.2 Å². The molecule has 0 aliphatic heterocycles. The van der Waals surface area contributed by atoms with Crippen molar-refractivity contribution in [2.45, 2.75) is 38.1 Å². The van der Waals surface area contributed by atoms with E-state index in [1.54, 1.807) is 0 Å². The maximum atomic E-state index is 6.41. The van der Waals surface area contributed by atoms with E-state index in [1.807, 2.05) is 4.68 Å². The van der Waals surface area contributed by atoms with Gasteiger partial charge in [-0.25, -0.2) is 4.68 Å². The summed E-state index contributed by atoms with van der Waals surface area (Å²) in [6.45, 7) is 2.80. The molecule has 0 bridgehead atoms. The summed E-state index contributed by atoms with van der Waals surface area (Å²) in [5.41, 5.74) is 4.58. The molecule has 0 radical (unpaired) electrons. The molecule has 3 rings (SSSR count). The Morgan fingerprint density at radius 3 is 2.79 bits per heavy atom. The lowest BCUT2D eigenvalue weighted by Gasteiger charge is -2.04. The van der Waals surface area contributed by atoms with Crippen LogP contribution < -0.4 is 0 Å². The zero-order valence-corrected chi connectivity index (χ0v) is 12.4. The monoisotopic (exact) mass is 294 g/mol. The van der Waals surface area contributed by atoms with Gasteiger partial charge in [0.15, 0.2) is 0 Å². The molecule has 1 fully saturated rings. The zero-order chi connectivity index (χ0) is 13.4. The number of alkyl halides is 1. The number of aromatic nitrogens is 2. The molecule has 0 atom stereocenters. The Labute approximate surface area is 123 Å². The molecule has 1 saturated carbocycles. The van der Waals surface area contributed by atoms with Crippen LogP contribution in [-0.4, -0.2) is 9.78 Å². The van der Waals surface area contributed by atoms with Crippen LogP contribution in [-0.2, 0) is 12.4 Å². The summed E-state index contributed by atoms with van der Waals surface area (Å²) in [4.78, 5) is 0. The minimum Gasteiger partial charge on any atom is -0.249 e. The van der Waals surface area contributed by atoms with Crippen molar-refractivity contribution < 1.29 is 0 Å². The van der Waals surface area contributed by atoms with Gasteiger partial charge in [-0.2, -0.15) is 5.10 Å². The van der Waals surface area contributed by atoms with E-state index >= 15 is 0 Å². The zero-order valence-electron chi connectivity index (χ0n) is 10.9. The fourth-order valence-corrected chi connectivity index (χ4v) is 2.99. The highest BCUT2D eigenvalue weighted by atomic mass is 35.5. The van der Waals surface area contributed by atoms with E-state index in [9.17, 15) is 0 Å². The van der Waals surface area contributed by atoms with Gasteiger partial charge in [0.05, 0.1) is 18.1 Å². The minimum absolute atomic E-state index is 0.443. The first kappa shape index (κ1) is 13.0. The molecule has 0 saturated heterocycles. The standard InChI is InChI=1S/C15H16Cl2N2/c1-10-3-2-4-11(7-10)9-19-15(17)13(8-16)14(18-19)12-5-6-12/h2-4,7,12H,5-6,8-9H2,1H3. The SMILES string of the molecule is Cc1cccc(Cn2nc(C3CC3)c(CCl)c2Cl)c1. The highest BCUT2D eigenvalue weighted by Crippen LogP contribution is 2.43. The highest BCUT2D eigenvalue weighted by molar-refractivity contribution is 6.31. The summed E-state index contributed by atoms with van der Waals surface area (Å²) in [7, 11) is 0. The number of nitrogens with zero attached hydrogens (tertiary/aromatic N) is 2. The Bertz CT molecular complexity index is 600. The minimum atomic E-state index is 0.443. The number of benzene rings is 1. The van der Waals surface area contributed by atoms with Crippen LogP contribution in [0, 0.1) is 6.92 Å². The van der Waals surface area contributed by atoms with Crippen LogP contribution in [0.1, 0.15) is 41.1 Å². The van der Waals surface area contributed by atoms with E-state index in [0.29, 0.717) is 23.5 Å². The molecule has 19 heavy (non-hydrogen) atoms. The van der Waals surface area contributed by atoms with Crippen LogP contribution >= 0.6 is 23.2 Å². The Kier molecular flexibility index (Phi) is 3.55. The van der Waals surface area contributed by atoms with Crippen molar-refractivity contribution in [3.63, 3.8) is 0 Å². The van der Waals surface area contributed by atoms with Gasteiger partial charge in [-0.15, -0.1) is 11.6 Å². The van der Waals surface area contributed by atoms with Gasteiger partial charge in [-0.05, 0) is 25.3 Å². The molecule has 2 nitrogen and oxygen atoms in total. The molecule has 0 unspecified atom stereocenters. The van der Waals surface area contributed by atoms with Crippen molar-refractivity contribution in [1.82, 2.24) is 9.78 Å². The van der Waals surface area contributed by atoms with Gasteiger partial charge in [0.2, 0.25) is 0 Å². The summed E-state index contributed by atoms with van der Waals surface area (Å²) in [5.74, 6) is 1.02. The van der Waals surface area contributed by atoms with Crippen molar-refractivity contribution in [2.75, 3.05) is 0 Å². The molecule has 2 aromatic rings. The van der Waals surface area contributed by atoms with E-state index in [4.69, 9.17) is 23.2 Å². The summed E-state index contributed by atoms with van der Waals surface area (Å²) < 4.78 is 1.88. The number of hydrogen-bond acceptors (Lipinski definition) is 1. The average Bonchev–Trinajstić information content (AvgIpc) is 3.17. The van der Waals surface area contributed by atoms with E-state index in [0.717, 1.165) is 11.3 Å². The Morgan fingerprint density at radius 2 is 2.16 bits per heavy atom. The van der Waals surface area contributed by atoms with Gasteiger partial charge < -0.3 is 0 Å². The summed E-state index contributed by atoms with van der Waals surface area (Å²) in [5, 5.41) is 5.36. The van der Waals surface area contributed by atoms with Gasteiger partial charge >= 0.3 is 0 Å². The van der Waals surface area contributed by atoms with E-state index in [1.165, 1.54) is 24.0 Å². The quantitative estimate of drug-likeness (QED) is 0.759. The van der Waals surface area contributed by atoms with Crippen LogP contribution in [0.25, 0.3) is 0 Å². The number of hydrogen-bond donors (Lipinski definition) is 0. The summed E-state index contributed by atoms with van der Waals surface area (Å²) in [6.07, 6.45) is 2.42. The Morgan fingerprint density at radius 1 is 1.37 bits per heavy atom. The normalized spacial score (nSPS) is 14.9. The van der Waals surface area contributed by atoms with Crippen LogP contribution in [0.4, 0.5) is 0 Å². The lowest BCUT2D eigenvalue weighted by molar-refractivity contribution is 0.672. The predicted molar refractivity (Wildman–Crippen MR) is 79.1 cm³/mol. The van der Waals surface area contributed by atoms with Crippen LogP contribution in [0.3, 0.4) is 0 Å². The van der Waals surface area contributed by atoms with Crippen LogP contribution in [0.2, 0.25) is 5.15 Å². The molecular formula is C15H16Cl2N2. The van der Waals surface area contributed by atoms with Gasteiger partial charge in [0, 0.05) is 11.5 Å². The second kappa shape index (κ2) is 5.18. The van der Waals surface area contributed by atoms with Crippen molar-refractivity contribution in [1.29, 1.82) is 0 Å². The molecule has 0 amide bonds. The average molecular weight is 295 g/mol. The Hall–Kier alpha value is -0.990. The van der Waals surface area contributed by atoms with Crippen molar-refractivity contribution in [3.05, 3.63) is 51.8 Å². The highest BCUT2D eigenvalue weighted by Gasteiger charge is 2.30.